The van der Waals surface area contributed by atoms with Gasteiger partial charge in [0, 0.05) is 16.6 Å². The van der Waals surface area contributed by atoms with Gasteiger partial charge in [0.2, 0.25) is 11.8 Å². The normalized spacial score (nSPS) is 18.2. The molecule has 0 aromatic heterocycles. The number of hydrogen-bond donors (Lipinski definition) is 2. The SMILES string of the molecule is CC1=NNC(=O)[C@@H]1CC(=O)N/N=C(\C)c1ccc(Br)cc1. The van der Waals surface area contributed by atoms with Crippen LogP contribution in [-0.2, 0) is 9.59 Å². The second-order valence-electron chi connectivity index (χ2n) is 4.73. The highest BCUT2D eigenvalue weighted by atomic mass is 79.9. The third-order valence-electron chi connectivity index (χ3n) is 3.16. The van der Waals surface area contributed by atoms with Crippen molar-refractivity contribution in [2.75, 3.05) is 0 Å². The van der Waals surface area contributed by atoms with Crippen LogP contribution >= 0.6 is 15.9 Å². The molecule has 2 N–H and O–H groups in total. The molecule has 0 bridgehead atoms. The van der Waals surface area contributed by atoms with Crippen LogP contribution in [0.5, 0.6) is 0 Å². The number of hydrazone groups is 2. The molecule has 2 amide bonds. The van der Waals surface area contributed by atoms with Gasteiger partial charge in [0.05, 0.1) is 11.6 Å². The molecule has 1 aromatic rings. The van der Waals surface area contributed by atoms with Crippen LogP contribution in [0.1, 0.15) is 25.8 Å². The van der Waals surface area contributed by atoms with E-state index in [0.717, 1.165) is 10.0 Å². The summed E-state index contributed by atoms with van der Waals surface area (Å²) in [5.41, 5.74) is 7.03. The van der Waals surface area contributed by atoms with Gasteiger partial charge in [-0.05, 0) is 31.5 Å². The number of rotatable bonds is 4. The predicted octanol–water partition coefficient (Wildman–Crippen LogP) is 1.80. The van der Waals surface area contributed by atoms with E-state index < -0.39 is 5.92 Å². The molecule has 0 unspecified atom stereocenters. The maximum atomic E-state index is 11.8. The summed E-state index contributed by atoms with van der Waals surface area (Å²) in [4.78, 5) is 23.3. The lowest BCUT2D eigenvalue weighted by Crippen LogP contribution is -2.29. The van der Waals surface area contributed by atoms with Crippen LogP contribution in [0.25, 0.3) is 0 Å². The Hall–Kier alpha value is -2.02. The van der Waals surface area contributed by atoms with Crippen LogP contribution in [0.15, 0.2) is 38.9 Å². The third-order valence-corrected chi connectivity index (χ3v) is 3.69. The van der Waals surface area contributed by atoms with E-state index in [1.807, 2.05) is 24.3 Å². The van der Waals surface area contributed by atoms with E-state index in [4.69, 9.17) is 0 Å². The van der Waals surface area contributed by atoms with Crippen LogP contribution in [0, 0.1) is 5.92 Å². The highest BCUT2D eigenvalue weighted by molar-refractivity contribution is 9.10. The highest BCUT2D eigenvalue weighted by Crippen LogP contribution is 2.12. The lowest BCUT2D eigenvalue weighted by Gasteiger charge is -2.07. The maximum Gasteiger partial charge on any atom is 0.249 e. The average molecular weight is 351 g/mol. The van der Waals surface area contributed by atoms with Crippen molar-refractivity contribution in [2.24, 2.45) is 16.1 Å². The molecule has 0 saturated carbocycles. The Bertz CT molecular complexity index is 622. The van der Waals surface area contributed by atoms with Crippen LogP contribution in [0.3, 0.4) is 0 Å². The predicted molar refractivity (Wildman–Crippen MR) is 83.9 cm³/mol. The molecule has 6 nitrogen and oxygen atoms in total. The molecular formula is C14H15BrN4O2. The Labute approximate surface area is 130 Å². The first-order valence-corrected chi connectivity index (χ1v) is 7.20. The van der Waals surface area contributed by atoms with Gasteiger partial charge >= 0.3 is 0 Å². The molecule has 0 spiro atoms. The van der Waals surface area contributed by atoms with Crippen LogP contribution in [-0.4, -0.2) is 23.2 Å². The van der Waals surface area contributed by atoms with Crippen molar-refractivity contribution in [1.82, 2.24) is 10.9 Å². The van der Waals surface area contributed by atoms with Crippen molar-refractivity contribution in [3.05, 3.63) is 34.3 Å². The van der Waals surface area contributed by atoms with E-state index in [9.17, 15) is 9.59 Å². The summed E-state index contributed by atoms with van der Waals surface area (Å²) in [5, 5.41) is 7.85. The smallest absolute Gasteiger partial charge is 0.249 e. The Morgan fingerprint density at radius 3 is 2.67 bits per heavy atom. The van der Waals surface area contributed by atoms with E-state index in [2.05, 4.69) is 37.0 Å². The number of carbonyl (C=O) groups is 2. The third kappa shape index (κ3) is 3.98. The fourth-order valence-electron chi connectivity index (χ4n) is 1.86. The molecule has 1 aliphatic heterocycles. The van der Waals surface area contributed by atoms with Crippen molar-refractivity contribution in [2.45, 2.75) is 20.3 Å². The summed E-state index contributed by atoms with van der Waals surface area (Å²) in [6.45, 7) is 3.52. The number of nitrogens with one attached hydrogen (secondary N) is 2. The zero-order valence-electron chi connectivity index (χ0n) is 11.7. The number of hydrogen-bond acceptors (Lipinski definition) is 4. The average Bonchev–Trinajstić information content (AvgIpc) is 2.77. The number of nitrogens with zero attached hydrogens (tertiary/aromatic N) is 2. The minimum Gasteiger partial charge on any atom is -0.273 e. The first-order valence-electron chi connectivity index (χ1n) is 6.40. The van der Waals surface area contributed by atoms with Crippen molar-refractivity contribution < 1.29 is 9.59 Å². The second-order valence-corrected chi connectivity index (χ2v) is 5.64. The van der Waals surface area contributed by atoms with E-state index in [1.54, 1.807) is 13.8 Å². The number of benzene rings is 1. The first kappa shape index (κ1) is 15.4. The quantitative estimate of drug-likeness (QED) is 0.641. The fraction of sp³-hybridized carbons (Fsp3) is 0.286. The zero-order chi connectivity index (χ0) is 15.4. The van der Waals surface area contributed by atoms with Crippen LogP contribution < -0.4 is 10.9 Å². The standard InChI is InChI=1S/C14H15BrN4O2/c1-8(10-3-5-11(15)6-4-10)16-18-13(20)7-12-9(2)17-19-14(12)21/h3-6,12H,7H2,1-2H3,(H,18,20)(H,19,21)/b16-8+/t12-/m1/s1. The van der Waals surface area contributed by atoms with Crippen molar-refractivity contribution in [3.8, 4) is 0 Å². The molecular weight excluding hydrogens is 336 g/mol. The minimum atomic E-state index is -0.506. The Morgan fingerprint density at radius 2 is 2.10 bits per heavy atom. The van der Waals surface area contributed by atoms with Gasteiger partial charge in [0.15, 0.2) is 0 Å². The largest absolute Gasteiger partial charge is 0.273 e. The van der Waals surface area contributed by atoms with Crippen molar-refractivity contribution in [1.29, 1.82) is 0 Å². The number of amides is 2. The molecule has 0 fully saturated rings. The molecule has 1 aromatic carbocycles. The Morgan fingerprint density at radius 1 is 1.43 bits per heavy atom. The van der Waals surface area contributed by atoms with Crippen molar-refractivity contribution in [3.63, 3.8) is 0 Å². The van der Waals surface area contributed by atoms with E-state index in [-0.39, 0.29) is 18.2 Å². The van der Waals surface area contributed by atoms with Gasteiger partial charge < -0.3 is 0 Å². The Balaban J connectivity index is 1.94. The lowest BCUT2D eigenvalue weighted by molar-refractivity contribution is -0.127. The van der Waals surface area contributed by atoms with Gasteiger partial charge in [-0.25, -0.2) is 10.9 Å². The fourth-order valence-corrected chi connectivity index (χ4v) is 2.13. The molecule has 0 saturated heterocycles. The monoisotopic (exact) mass is 350 g/mol. The van der Waals surface area contributed by atoms with Gasteiger partial charge in [-0.2, -0.15) is 10.2 Å². The summed E-state index contributed by atoms with van der Waals surface area (Å²) in [5.74, 6) is -1.08. The lowest BCUT2D eigenvalue weighted by atomic mass is 10.0. The Kier molecular flexibility index (Phi) is 4.85. The summed E-state index contributed by atoms with van der Waals surface area (Å²) in [6.07, 6.45) is 0.0400. The summed E-state index contributed by atoms with van der Waals surface area (Å²) in [7, 11) is 0. The second kappa shape index (κ2) is 6.62. The van der Waals surface area contributed by atoms with E-state index in [0.29, 0.717) is 11.4 Å². The van der Waals surface area contributed by atoms with Gasteiger partial charge in [0.1, 0.15) is 0 Å². The van der Waals surface area contributed by atoms with Gasteiger partial charge in [-0.1, -0.05) is 28.1 Å². The maximum absolute atomic E-state index is 11.8. The molecule has 110 valence electrons. The topological polar surface area (TPSA) is 82.9 Å². The van der Waals surface area contributed by atoms with Gasteiger partial charge in [0.25, 0.3) is 0 Å². The van der Waals surface area contributed by atoms with Crippen molar-refractivity contribution >= 4 is 39.2 Å². The van der Waals surface area contributed by atoms with Crippen LogP contribution in [0.4, 0.5) is 0 Å². The summed E-state index contributed by atoms with van der Waals surface area (Å²) >= 11 is 3.36. The van der Waals surface area contributed by atoms with E-state index >= 15 is 0 Å². The van der Waals surface area contributed by atoms with Gasteiger partial charge in [-0.15, -0.1) is 0 Å². The zero-order valence-corrected chi connectivity index (χ0v) is 13.3. The molecule has 21 heavy (non-hydrogen) atoms. The highest BCUT2D eigenvalue weighted by Gasteiger charge is 2.29. The first-order chi connectivity index (χ1) is 9.97. The van der Waals surface area contributed by atoms with E-state index in [1.165, 1.54) is 0 Å². The molecule has 0 radical (unpaired) electrons. The molecule has 0 aliphatic carbocycles. The summed E-state index contributed by atoms with van der Waals surface area (Å²) < 4.78 is 0.977. The number of halogens is 1. The van der Waals surface area contributed by atoms with Gasteiger partial charge in [-0.3, -0.25) is 9.59 Å². The number of carbonyl (C=O) groups excluding carboxylic acids is 2. The molecule has 1 atom stereocenters. The summed E-state index contributed by atoms with van der Waals surface area (Å²) in [6, 6.07) is 7.60. The molecule has 7 heteroatoms. The molecule has 1 aliphatic rings. The minimum absolute atomic E-state index is 0.0400. The molecule has 1 heterocycles. The molecule has 2 rings (SSSR count). The van der Waals surface area contributed by atoms with Crippen LogP contribution in [0.2, 0.25) is 0 Å².